The van der Waals surface area contributed by atoms with Crippen molar-refractivity contribution in [3.05, 3.63) is 175 Å². The van der Waals surface area contributed by atoms with Gasteiger partial charge in [0, 0.05) is 16.7 Å². The number of aromatic nitrogens is 3. The zero-order valence-corrected chi connectivity index (χ0v) is 27.0. The van der Waals surface area contributed by atoms with Gasteiger partial charge in [0.05, 0.1) is 0 Å². The van der Waals surface area contributed by atoms with Gasteiger partial charge in [-0.15, -0.1) is 0 Å². The van der Waals surface area contributed by atoms with Gasteiger partial charge in [-0.2, -0.15) is 0 Å². The fourth-order valence-corrected chi connectivity index (χ4v) is 6.94. The minimum Gasteiger partial charge on any atom is -0.208 e. The number of fused-ring (bicyclic) bond motifs is 6. The van der Waals surface area contributed by atoms with Gasteiger partial charge in [0.1, 0.15) is 0 Å². The molecule has 1 heterocycles. The number of hydrogen-bond acceptors (Lipinski definition) is 3. The maximum atomic E-state index is 4.99. The van der Waals surface area contributed by atoms with E-state index in [-0.39, 0.29) is 0 Å². The van der Waals surface area contributed by atoms with Crippen molar-refractivity contribution in [1.29, 1.82) is 0 Å². The summed E-state index contributed by atoms with van der Waals surface area (Å²) in [4.78, 5) is 14.9. The molecule has 0 fully saturated rings. The monoisotopic (exact) mass is 625 g/mol. The quantitative estimate of drug-likeness (QED) is 0.179. The lowest BCUT2D eigenvalue weighted by Gasteiger charge is -2.13. The van der Waals surface area contributed by atoms with E-state index in [0.717, 1.165) is 33.4 Å². The molecule has 0 saturated carbocycles. The van der Waals surface area contributed by atoms with Crippen LogP contribution in [0.3, 0.4) is 0 Å². The molecule has 3 heteroatoms. The van der Waals surface area contributed by atoms with E-state index in [0.29, 0.717) is 17.5 Å². The van der Waals surface area contributed by atoms with Crippen LogP contribution in [0.15, 0.2) is 170 Å². The largest absolute Gasteiger partial charge is 0.208 e. The highest BCUT2D eigenvalue weighted by Gasteiger charge is 2.14. The van der Waals surface area contributed by atoms with Crippen LogP contribution >= 0.6 is 0 Å². The summed E-state index contributed by atoms with van der Waals surface area (Å²) in [6, 6.07) is 60.1. The number of nitrogens with zero attached hydrogens (tertiary/aromatic N) is 3. The van der Waals surface area contributed by atoms with Crippen molar-refractivity contribution in [2.75, 3.05) is 0 Å². The first-order chi connectivity index (χ1) is 24.2. The Labute approximate surface area is 285 Å². The minimum atomic E-state index is 0.650. The van der Waals surface area contributed by atoms with E-state index in [4.69, 9.17) is 15.0 Å². The van der Waals surface area contributed by atoms with Crippen LogP contribution in [0.5, 0.6) is 0 Å². The van der Waals surface area contributed by atoms with Crippen LogP contribution in [0.4, 0.5) is 0 Å². The predicted octanol–water partition coefficient (Wildman–Crippen LogP) is 12.0. The summed E-state index contributed by atoms with van der Waals surface area (Å²) < 4.78 is 0. The Balaban J connectivity index is 1.14. The van der Waals surface area contributed by atoms with Gasteiger partial charge in [0.25, 0.3) is 0 Å². The van der Waals surface area contributed by atoms with Gasteiger partial charge >= 0.3 is 0 Å². The predicted molar refractivity (Wildman–Crippen MR) is 204 cm³/mol. The molecule has 0 aliphatic rings. The summed E-state index contributed by atoms with van der Waals surface area (Å²) in [5.74, 6) is 1.97. The van der Waals surface area contributed by atoms with Crippen molar-refractivity contribution >= 4 is 32.3 Å². The number of benzene rings is 8. The van der Waals surface area contributed by atoms with Crippen molar-refractivity contribution in [2.24, 2.45) is 0 Å². The average Bonchev–Trinajstić information content (AvgIpc) is 3.18. The third-order valence-corrected chi connectivity index (χ3v) is 9.34. The molecule has 0 amide bonds. The maximum absolute atomic E-state index is 4.99. The molecule has 3 nitrogen and oxygen atoms in total. The van der Waals surface area contributed by atoms with E-state index in [1.807, 2.05) is 36.4 Å². The Morgan fingerprint density at radius 1 is 0.265 bits per heavy atom. The van der Waals surface area contributed by atoms with Crippen LogP contribution in [0.2, 0.25) is 0 Å². The van der Waals surface area contributed by atoms with Crippen LogP contribution in [0.1, 0.15) is 5.56 Å². The van der Waals surface area contributed by atoms with Gasteiger partial charge in [0.2, 0.25) is 0 Å². The second-order valence-electron chi connectivity index (χ2n) is 12.6. The summed E-state index contributed by atoms with van der Waals surface area (Å²) in [7, 11) is 0. The molecule has 0 N–H and O–H groups in total. The molecule has 49 heavy (non-hydrogen) atoms. The summed E-state index contributed by atoms with van der Waals surface area (Å²) in [6.45, 7) is 2.09. The minimum absolute atomic E-state index is 0.650. The van der Waals surface area contributed by atoms with Crippen LogP contribution in [-0.2, 0) is 0 Å². The van der Waals surface area contributed by atoms with Crippen molar-refractivity contribution in [3.8, 4) is 56.4 Å². The van der Waals surface area contributed by atoms with Gasteiger partial charge in [-0.05, 0) is 85.8 Å². The average molecular weight is 626 g/mol. The Bertz CT molecular complexity index is 2640. The van der Waals surface area contributed by atoms with Gasteiger partial charge in [-0.3, -0.25) is 0 Å². The Morgan fingerprint density at radius 3 is 1.22 bits per heavy atom. The highest BCUT2D eigenvalue weighted by Crippen LogP contribution is 2.38. The molecular weight excluding hydrogens is 595 g/mol. The molecule has 0 radical (unpaired) electrons. The van der Waals surface area contributed by atoms with E-state index in [2.05, 4.69) is 140 Å². The fraction of sp³-hybridized carbons (Fsp3) is 0.0217. The molecule has 0 spiro atoms. The molecule has 0 unspecified atom stereocenters. The highest BCUT2D eigenvalue weighted by atomic mass is 15.0. The van der Waals surface area contributed by atoms with Gasteiger partial charge in [-0.1, -0.05) is 151 Å². The normalized spacial score (nSPS) is 11.4. The number of hydrogen-bond donors (Lipinski definition) is 0. The second kappa shape index (κ2) is 12.0. The van der Waals surface area contributed by atoms with Crippen LogP contribution < -0.4 is 0 Å². The smallest absolute Gasteiger partial charge is 0.164 e. The van der Waals surface area contributed by atoms with E-state index in [9.17, 15) is 0 Å². The van der Waals surface area contributed by atoms with Crippen molar-refractivity contribution in [1.82, 2.24) is 15.0 Å². The van der Waals surface area contributed by atoms with Crippen LogP contribution in [-0.4, -0.2) is 15.0 Å². The van der Waals surface area contributed by atoms with Gasteiger partial charge < -0.3 is 0 Å². The fourth-order valence-electron chi connectivity index (χ4n) is 6.94. The lowest BCUT2D eigenvalue weighted by molar-refractivity contribution is 1.07. The third-order valence-electron chi connectivity index (χ3n) is 9.34. The first kappa shape index (κ1) is 28.7. The molecule has 8 aromatic carbocycles. The Hall–Kier alpha value is -6.45. The lowest BCUT2D eigenvalue weighted by Crippen LogP contribution is -2.00. The summed E-state index contributed by atoms with van der Waals surface area (Å²) in [5.41, 5.74) is 8.65. The Morgan fingerprint density at radius 2 is 0.653 bits per heavy atom. The molecule has 230 valence electrons. The molecule has 0 aliphatic carbocycles. The molecule has 0 aliphatic heterocycles. The first-order valence-corrected chi connectivity index (χ1v) is 16.6. The first-order valence-electron chi connectivity index (χ1n) is 16.6. The summed E-state index contributed by atoms with van der Waals surface area (Å²) >= 11 is 0. The van der Waals surface area contributed by atoms with Gasteiger partial charge in [-0.25, -0.2) is 15.0 Å². The van der Waals surface area contributed by atoms with Crippen molar-refractivity contribution < 1.29 is 0 Å². The second-order valence-corrected chi connectivity index (χ2v) is 12.6. The molecule has 9 rings (SSSR count). The lowest BCUT2D eigenvalue weighted by atomic mass is 9.91. The molecule has 9 aromatic rings. The van der Waals surface area contributed by atoms with E-state index in [1.54, 1.807) is 0 Å². The standard InChI is InChI=1S/C46H31N3/c1-30-12-9-18-36(26-30)45-47-44(31-13-3-2-4-14-31)48-46(49-45)37-19-11-17-34(28-37)32-15-10-16-33(27-32)35-24-25-42-40-22-6-5-20-38(40)39-21-7-8-23-41(39)43(42)29-35/h2-29H,1H3. The van der Waals surface area contributed by atoms with Crippen molar-refractivity contribution in [2.45, 2.75) is 6.92 Å². The summed E-state index contributed by atoms with van der Waals surface area (Å²) in [5, 5.41) is 7.69. The zero-order chi connectivity index (χ0) is 32.7. The molecular formula is C46H31N3. The van der Waals surface area contributed by atoms with Crippen LogP contribution in [0, 0.1) is 6.92 Å². The van der Waals surface area contributed by atoms with E-state index < -0.39 is 0 Å². The van der Waals surface area contributed by atoms with Gasteiger partial charge in [0.15, 0.2) is 17.5 Å². The Kier molecular flexibility index (Phi) is 7.02. The highest BCUT2D eigenvalue weighted by molar-refractivity contribution is 6.25. The zero-order valence-electron chi connectivity index (χ0n) is 27.0. The SMILES string of the molecule is Cc1cccc(-c2nc(-c3ccccc3)nc(-c3cccc(-c4cccc(-c5ccc6c7ccccc7c7ccccc7c6c5)c4)c3)n2)c1. The van der Waals surface area contributed by atoms with E-state index in [1.165, 1.54) is 43.4 Å². The van der Waals surface area contributed by atoms with Crippen molar-refractivity contribution in [3.63, 3.8) is 0 Å². The number of aryl methyl sites for hydroxylation is 1. The third kappa shape index (κ3) is 5.32. The number of rotatable bonds is 5. The maximum Gasteiger partial charge on any atom is 0.164 e. The van der Waals surface area contributed by atoms with Crippen LogP contribution in [0.25, 0.3) is 88.7 Å². The molecule has 1 aromatic heterocycles. The van der Waals surface area contributed by atoms with E-state index >= 15 is 0 Å². The molecule has 0 bridgehead atoms. The summed E-state index contributed by atoms with van der Waals surface area (Å²) in [6.07, 6.45) is 0. The topological polar surface area (TPSA) is 38.7 Å². The molecule has 0 atom stereocenters. The molecule has 0 saturated heterocycles.